The SMILES string of the molecule is Cc1ccc(NC(=O)OCC2CCNCC2)cc1Cl. The summed E-state index contributed by atoms with van der Waals surface area (Å²) in [5.41, 5.74) is 1.64. The van der Waals surface area contributed by atoms with Crippen molar-refractivity contribution in [1.82, 2.24) is 5.32 Å². The van der Waals surface area contributed by atoms with E-state index < -0.39 is 6.09 Å². The highest BCUT2D eigenvalue weighted by atomic mass is 35.5. The number of anilines is 1. The first-order valence-corrected chi connectivity index (χ1v) is 6.93. The Kier molecular flexibility index (Phi) is 5.05. The van der Waals surface area contributed by atoms with Crippen molar-refractivity contribution in [2.24, 2.45) is 5.92 Å². The normalized spacial score (nSPS) is 16.1. The molecule has 104 valence electrons. The topological polar surface area (TPSA) is 50.4 Å². The van der Waals surface area contributed by atoms with Gasteiger partial charge in [0.1, 0.15) is 0 Å². The number of rotatable bonds is 3. The Bertz CT molecular complexity index is 445. The lowest BCUT2D eigenvalue weighted by molar-refractivity contribution is 0.131. The summed E-state index contributed by atoms with van der Waals surface area (Å²) in [5.74, 6) is 0.466. The number of ether oxygens (including phenoxy) is 1. The average molecular weight is 283 g/mol. The minimum atomic E-state index is -0.418. The van der Waals surface area contributed by atoms with Crippen molar-refractivity contribution in [3.8, 4) is 0 Å². The van der Waals surface area contributed by atoms with Gasteiger partial charge in [-0.3, -0.25) is 5.32 Å². The van der Waals surface area contributed by atoms with Crippen LogP contribution >= 0.6 is 11.6 Å². The van der Waals surface area contributed by atoms with Gasteiger partial charge in [-0.05, 0) is 56.5 Å². The van der Waals surface area contributed by atoms with Gasteiger partial charge in [-0.2, -0.15) is 0 Å². The van der Waals surface area contributed by atoms with Gasteiger partial charge in [0.2, 0.25) is 0 Å². The molecular formula is C14H19ClN2O2. The van der Waals surface area contributed by atoms with E-state index in [4.69, 9.17) is 16.3 Å². The molecule has 0 unspecified atom stereocenters. The van der Waals surface area contributed by atoms with Gasteiger partial charge in [0.05, 0.1) is 6.61 Å². The van der Waals surface area contributed by atoms with Crippen molar-refractivity contribution >= 4 is 23.4 Å². The number of halogens is 1. The van der Waals surface area contributed by atoms with Crippen LogP contribution < -0.4 is 10.6 Å². The molecular weight excluding hydrogens is 264 g/mol. The fourth-order valence-corrected chi connectivity index (χ4v) is 2.25. The number of piperidine rings is 1. The number of hydrogen-bond donors (Lipinski definition) is 2. The predicted octanol–water partition coefficient (Wildman–Crippen LogP) is 3.20. The third-order valence-electron chi connectivity index (χ3n) is 3.33. The lowest BCUT2D eigenvalue weighted by atomic mass is 9.99. The molecule has 0 spiro atoms. The number of nitrogens with one attached hydrogen (secondary N) is 2. The van der Waals surface area contributed by atoms with E-state index in [1.807, 2.05) is 19.1 Å². The summed E-state index contributed by atoms with van der Waals surface area (Å²) in [6.45, 7) is 4.40. The van der Waals surface area contributed by atoms with E-state index in [1.165, 1.54) is 0 Å². The molecule has 2 rings (SSSR count). The van der Waals surface area contributed by atoms with Gasteiger partial charge in [0, 0.05) is 10.7 Å². The maximum atomic E-state index is 11.7. The van der Waals surface area contributed by atoms with Crippen LogP contribution in [0.5, 0.6) is 0 Å². The molecule has 0 aliphatic carbocycles. The second-order valence-corrected chi connectivity index (χ2v) is 5.29. The zero-order valence-corrected chi connectivity index (χ0v) is 11.8. The van der Waals surface area contributed by atoms with Gasteiger partial charge in [-0.25, -0.2) is 4.79 Å². The summed E-state index contributed by atoms with van der Waals surface area (Å²) in [6, 6.07) is 5.40. The van der Waals surface area contributed by atoms with Crippen molar-refractivity contribution in [1.29, 1.82) is 0 Å². The van der Waals surface area contributed by atoms with Crippen LogP contribution in [-0.4, -0.2) is 25.8 Å². The van der Waals surface area contributed by atoms with E-state index in [-0.39, 0.29) is 0 Å². The molecule has 2 N–H and O–H groups in total. The van der Waals surface area contributed by atoms with Gasteiger partial charge < -0.3 is 10.1 Å². The standard InChI is InChI=1S/C14H19ClN2O2/c1-10-2-3-12(8-13(10)15)17-14(18)19-9-11-4-6-16-7-5-11/h2-3,8,11,16H,4-7,9H2,1H3,(H,17,18). The average Bonchev–Trinajstić information content (AvgIpc) is 2.42. The summed E-state index contributed by atoms with van der Waals surface area (Å²) in [5, 5.41) is 6.61. The van der Waals surface area contributed by atoms with E-state index in [1.54, 1.807) is 6.07 Å². The van der Waals surface area contributed by atoms with Crippen molar-refractivity contribution in [3.05, 3.63) is 28.8 Å². The highest BCUT2D eigenvalue weighted by Crippen LogP contribution is 2.20. The molecule has 19 heavy (non-hydrogen) atoms. The van der Waals surface area contributed by atoms with Gasteiger partial charge in [0.15, 0.2) is 0 Å². The first kappa shape index (κ1) is 14.2. The van der Waals surface area contributed by atoms with Crippen molar-refractivity contribution in [3.63, 3.8) is 0 Å². The largest absolute Gasteiger partial charge is 0.449 e. The summed E-state index contributed by atoms with van der Waals surface area (Å²) in [7, 11) is 0. The molecule has 0 atom stereocenters. The van der Waals surface area contributed by atoms with Crippen LogP contribution in [0.15, 0.2) is 18.2 Å². The number of aryl methyl sites for hydroxylation is 1. The molecule has 5 heteroatoms. The van der Waals surface area contributed by atoms with Crippen LogP contribution in [0.3, 0.4) is 0 Å². The van der Waals surface area contributed by atoms with E-state index in [2.05, 4.69) is 10.6 Å². The zero-order chi connectivity index (χ0) is 13.7. The molecule has 0 radical (unpaired) electrons. The molecule has 0 saturated carbocycles. The molecule has 1 fully saturated rings. The quantitative estimate of drug-likeness (QED) is 0.895. The minimum absolute atomic E-state index is 0.418. The van der Waals surface area contributed by atoms with Gasteiger partial charge in [0.25, 0.3) is 0 Å². The molecule has 0 aromatic heterocycles. The zero-order valence-electron chi connectivity index (χ0n) is 11.0. The molecule has 4 nitrogen and oxygen atoms in total. The van der Waals surface area contributed by atoms with Crippen molar-refractivity contribution < 1.29 is 9.53 Å². The third kappa shape index (κ3) is 4.40. The Hall–Kier alpha value is -1.26. The molecule has 1 aliphatic heterocycles. The monoisotopic (exact) mass is 282 g/mol. The Labute approximate surface area is 118 Å². The van der Waals surface area contributed by atoms with Crippen LogP contribution in [0.25, 0.3) is 0 Å². The summed E-state index contributed by atoms with van der Waals surface area (Å²) < 4.78 is 5.23. The second kappa shape index (κ2) is 6.78. The number of benzene rings is 1. The first-order chi connectivity index (χ1) is 9.15. The molecule has 0 bridgehead atoms. The van der Waals surface area contributed by atoms with Gasteiger partial charge in [-0.15, -0.1) is 0 Å². The Morgan fingerprint density at radius 3 is 2.89 bits per heavy atom. The molecule has 1 saturated heterocycles. The number of hydrogen-bond acceptors (Lipinski definition) is 3. The molecule has 1 amide bonds. The molecule has 1 aliphatic rings. The highest BCUT2D eigenvalue weighted by molar-refractivity contribution is 6.31. The maximum absolute atomic E-state index is 11.7. The highest BCUT2D eigenvalue weighted by Gasteiger charge is 2.15. The number of carbonyl (C=O) groups excluding carboxylic acids is 1. The molecule has 1 aromatic rings. The fourth-order valence-electron chi connectivity index (χ4n) is 2.07. The lowest BCUT2D eigenvalue weighted by Gasteiger charge is -2.22. The van der Waals surface area contributed by atoms with Crippen LogP contribution in [0.2, 0.25) is 5.02 Å². The smallest absolute Gasteiger partial charge is 0.411 e. The van der Waals surface area contributed by atoms with Crippen molar-refractivity contribution in [2.75, 3.05) is 25.0 Å². The van der Waals surface area contributed by atoms with Crippen LogP contribution in [0.4, 0.5) is 10.5 Å². The maximum Gasteiger partial charge on any atom is 0.411 e. The second-order valence-electron chi connectivity index (χ2n) is 4.88. The van der Waals surface area contributed by atoms with Gasteiger partial charge in [-0.1, -0.05) is 17.7 Å². The third-order valence-corrected chi connectivity index (χ3v) is 3.73. The summed E-state index contributed by atoms with van der Waals surface area (Å²) in [4.78, 5) is 11.7. The number of amides is 1. The van der Waals surface area contributed by atoms with E-state index >= 15 is 0 Å². The summed E-state index contributed by atoms with van der Waals surface area (Å²) in [6.07, 6.45) is 1.70. The van der Waals surface area contributed by atoms with Crippen LogP contribution in [0, 0.1) is 12.8 Å². The fraction of sp³-hybridized carbons (Fsp3) is 0.500. The Morgan fingerprint density at radius 1 is 1.47 bits per heavy atom. The van der Waals surface area contributed by atoms with Gasteiger partial charge >= 0.3 is 6.09 Å². The Morgan fingerprint density at radius 2 is 2.21 bits per heavy atom. The van der Waals surface area contributed by atoms with Crippen LogP contribution in [-0.2, 0) is 4.74 Å². The van der Waals surface area contributed by atoms with E-state index in [9.17, 15) is 4.79 Å². The van der Waals surface area contributed by atoms with E-state index in [0.717, 1.165) is 31.5 Å². The minimum Gasteiger partial charge on any atom is -0.449 e. The van der Waals surface area contributed by atoms with Crippen molar-refractivity contribution in [2.45, 2.75) is 19.8 Å². The predicted molar refractivity (Wildman–Crippen MR) is 76.8 cm³/mol. The lowest BCUT2D eigenvalue weighted by Crippen LogP contribution is -2.31. The molecule has 1 aromatic carbocycles. The van der Waals surface area contributed by atoms with E-state index in [0.29, 0.717) is 23.2 Å². The Balaban J connectivity index is 1.78. The van der Waals surface area contributed by atoms with Crippen LogP contribution in [0.1, 0.15) is 18.4 Å². The summed E-state index contributed by atoms with van der Waals surface area (Å²) >= 11 is 6.00. The first-order valence-electron chi connectivity index (χ1n) is 6.56. The molecule has 1 heterocycles. The number of carbonyl (C=O) groups is 1.